The summed E-state index contributed by atoms with van der Waals surface area (Å²) < 4.78 is 4.61. The zero-order chi connectivity index (χ0) is 15.1. The number of carbonyl (C=O) groups is 1. The van der Waals surface area contributed by atoms with Crippen molar-refractivity contribution in [1.82, 2.24) is 10.2 Å². The number of likely N-dealkylation sites (tertiary alicyclic amines) is 1. The van der Waals surface area contributed by atoms with Crippen molar-refractivity contribution in [2.75, 3.05) is 26.8 Å². The van der Waals surface area contributed by atoms with E-state index in [1.54, 1.807) is 0 Å². The fraction of sp³-hybridized carbons (Fsp3) is 0.438. The molecule has 2 N–H and O–H groups in total. The second-order valence-electron chi connectivity index (χ2n) is 5.02. The van der Waals surface area contributed by atoms with E-state index in [2.05, 4.69) is 32.9 Å². The Morgan fingerprint density at radius 2 is 2.43 bits per heavy atom. The molecule has 112 valence electrons. The number of nitrogens with zero attached hydrogens (tertiary/aromatic N) is 1. The summed E-state index contributed by atoms with van der Waals surface area (Å²) in [6, 6.07) is 8.14. The van der Waals surface area contributed by atoms with Gasteiger partial charge in [0.25, 0.3) is 0 Å². The summed E-state index contributed by atoms with van der Waals surface area (Å²) in [4.78, 5) is 13.5. The highest BCUT2D eigenvalue weighted by molar-refractivity contribution is 5.67. The van der Waals surface area contributed by atoms with Gasteiger partial charge in [-0.3, -0.25) is 4.90 Å². The molecule has 1 unspecified atom stereocenters. The van der Waals surface area contributed by atoms with Crippen LogP contribution in [-0.2, 0) is 11.3 Å². The van der Waals surface area contributed by atoms with Gasteiger partial charge in [0.15, 0.2) is 0 Å². The first kappa shape index (κ1) is 15.4. The smallest absolute Gasteiger partial charge is 0.407 e. The molecule has 0 radical (unpaired) electrons. The first-order valence-electron chi connectivity index (χ1n) is 6.97. The van der Waals surface area contributed by atoms with Gasteiger partial charge in [0.1, 0.15) is 6.61 Å². The third-order valence-electron chi connectivity index (χ3n) is 3.42. The Morgan fingerprint density at radius 1 is 1.57 bits per heavy atom. The van der Waals surface area contributed by atoms with Gasteiger partial charge in [-0.25, -0.2) is 4.79 Å². The van der Waals surface area contributed by atoms with Gasteiger partial charge in [0, 0.05) is 31.2 Å². The first-order valence-corrected chi connectivity index (χ1v) is 6.97. The molecule has 5 nitrogen and oxygen atoms in total. The molecule has 0 aliphatic carbocycles. The quantitative estimate of drug-likeness (QED) is 0.813. The van der Waals surface area contributed by atoms with E-state index < -0.39 is 0 Å². The number of hydrogen-bond acceptors (Lipinski definition) is 4. The molecule has 1 atom stereocenters. The molecular weight excluding hydrogens is 268 g/mol. The predicted molar refractivity (Wildman–Crippen MR) is 79.6 cm³/mol. The largest absolute Gasteiger partial charge is 0.453 e. The molecule has 2 rings (SSSR count). The van der Waals surface area contributed by atoms with Gasteiger partial charge in [-0.05, 0) is 24.1 Å². The van der Waals surface area contributed by atoms with Crippen LogP contribution < -0.4 is 5.32 Å². The Balaban J connectivity index is 1.89. The first-order chi connectivity index (χ1) is 10.2. The summed E-state index contributed by atoms with van der Waals surface area (Å²) in [6.45, 7) is 2.47. The standard InChI is InChI=1S/C16H20N2O3/c1-21-16(20)17-15-7-8-18(12-15)11-14-5-2-4-13(10-14)6-3-9-19/h2,4-5,10,15,19H,7-9,11-12H2,1H3,(H,17,20). The van der Waals surface area contributed by atoms with E-state index >= 15 is 0 Å². The lowest BCUT2D eigenvalue weighted by molar-refractivity contribution is 0.166. The minimum Gasteiger partial charge on any atom is -0.453 e. The Morgan fingerprint density at radius 3 is 3.19 bits per heavy atom. The number of methoxy groups -OCH3 is 1. The van der Waals surface area contributed by atoms with Crippen LogP contribution >= 0.6 is 0 Å². The second-order valence-corrected chi connectivity index (χ2v) is 5.02. The maximum Gasteiger partial charge on any atom is 0.407 e. The van der Waals surface area contributed by atoms with Crippen molar-refractivity contribution in [1.29, 1.82) is 0 Å². The molecule has 1 aromatic rings. The van der Waals surface area contributed by atoms with E-state index in [1.165, 1.54) is 12.7 Å². The average Bonchev–Trinajstić information content (AvgIpc) is 2.92. The lowest BCUT2D eigenvalue weighted by atomic mass is 10.1. The van der Waals surface area contributed by atoms with E-state index in [0.717, 1.165) is 31.6 Å². The SMILES string of the molecule is COC(=O)NC1CCN(Cc2cccc(C#CCO)c2)C1. The van der Waals surface area contributed by atoms with Gasteiger partial charge < -0.3 is 15.2 Å². The number of alkyl carbamates (subject to hydrolysis) is 1. The van der Waals surface area contributed by atoms with E-state index in [-0.39, 0.29) is 18.7 Å². The molecule has 0 bridgehead atoms. The van der Waals surface area contributed by atoms with Gasteiger partial charge in [-0.1, -0.05) is 24.0 Å². The fourth-order valence-corrected chi connectivity index (χ4v) is 2.47. The van der Waals surface area contributed by atoms with Crippen LogP contribution in [0.3, 0.4) is 0 Å². The summed E-state index contributed by atoms with van der Waals surface area (Å²) in [5.41, 5.74) is 2.09. The van der Waals surface area contributed by atoms with Gasteiger partial charge in [-0.2, -0.15) is 0 Å². The number of ether oxygens (including phenoxy) is 1. The highest BCUT2D eigenvalue weighted by Gasteiger charge is 2.23. The van der Waals surface area contributed by atoms with Crippen molar-refractivity contribution in [2.45, 2.75) is 19.0 Å². The fourth-order valence-electron chi connectivity index (χ4n) is 2.47. The minimum absolute atomic E-state index is 0.128. The summed E-state index contributed by atoms with van der Waals surface area (Å²) >= 11 is 0. The summed E-state index contributed by atoms with van der Waals surface area (Å²) in [5, 5.41) is 11.6. The van der Waals surface area contributed by atoms with E-state index in [9.17, 15) is 4.79 Å². The third-order valence-corrected chi connectivity index (χ3v) is 3.42. The van der Waals surface area contributed by atoms with Gasteiger partial charge in [-0.15, -0.1) is 0 Å². The molecule has 0 spiro atoms. The van der Waals surface area contributed by atoms with Crippen LogP contribution in [0.1, 0.15) is 17.5 Å². The number of rotatable bonds is 3. The molecule has 1 fully saturated rings. The van der Waals surface area contributed by atoms with E-state index in [4.69, 9.17) is 5.11 Å². The van der Waals surface area contributed by atoms with Crippen molar-refractivity contribution in [2.24, 2.45) is 0 Å². The number of aliphatic hydroxyl groups is 1. The van der Waals surface area contributed by atoms with Gasteiger partial charge >= 0.3 is 6.09 Å². The van der Waals surface area contributed by atoms with Crippen LogP contribution in [0.25, 0.3) is 0 Å². The Bertz CT molecular complexity index is 548. The second kappa shape index (κ2) is 7.67. The summed E-state index contributed by atoms with van der Waals surface area (Å²) in [5.74, 6) is 5.56. The molecule has 1 heterocycles. The van der Waals surface area contributed by atoms with Crippen LogP contribution in [0.2, 0.25) is 0 Å². The molecule has 0 saturated carbocycles. The summed E-state index contributed by atoms with van der Waals surface area (Å²) in [7, 11) is 1.38. The van der Waals surface area contributed by atoms with Crippen molar-refractivity contribution >= 4 is 6.09 Å². The average molecular weight is 288 g/mol. The third kappa shape index (κ3) is 4.78. The van der Waals surface area contributed by atoms with Crippen LogP contribution in [0, 0.1) is 11.8 Å². The van der Waals surface area contributed by atoms with Crippen LogP contribution in [0.15, 0.2) is 24.3 Å². The van der Waals surface area contributed by atoms with E-state index in [1.807, 2.05) is 18.2 Å². The van der Waals surface area contributed by atoms with Crippen molar-refractivity contribution in [3.8, 4) is 11.8 Å². The lowest BCUT2D eigenvalue weighted by Crippen LogP contribution is -2.36. The molecule has 1 saturated heterocycles. The van der Waals surface area contributed by atoms with Crippen LogP contribution in [0.5, 0.6) is 0 Å². The molecule has 1 aliphatic heterocycles. The highest BCUT2D eigenvalue weighted by Crippen LogP contribution is 2.14. The number of nitrogens with one attached hydrogen (secondary N) is 1. The normalized spacial score (nSPS) is 17.9. The number of benzene rings is 1. The summed E-state index contributed by atoms with van der Waals surface area (Å²) in [6.07, 6.45) is 0.558. The van der Waals surface area contributed by atoms with Crippen LogP contribution in [-0.4, -0.2) is 48.9 Å². The van der Waals surface area contributed by atoms with Crippen LogP contribution in [0.4, 0.5) is 4.79 Å². The number of hydrogen-bond donors (Lipinski definition) is 2. The highest BCUT2D eigenvalue weighted by atomic mass is 16.5. The lowest BCUT2D eigenvalue weighted by Gasteiger charge is -2.16. The number of amides is 1. The van der Waals surface area contributed by atoms with Crippen molar-refractivity contribution in [3.63, 3.8) is 0 Å². The topological polar surface area (TPSA) is 61.8 Å². The Kier molecular flexibility index (Phi) is 5.61. The molecule has 1 amide bonds. The molecule has 0 aromatic heterocycles. The monoisotopic (exact) mass is 288 g/mol. The molecule has 1 aliphatic rings. The maximum absolute atomic E-state index is 11.2. The molecular formula is C16H20N2O3. The predicted octanol–water partition coefficient (Wildman–Crippen LogP) is 0.961. The number of aliphatic hydroxyl groups excluding tert-OH is 1. The van der Waals surface area contributed by atoms with Gasteiger partial charge in [0.05, 0.1) is 7.11 Å². The van der Waals surface area contributed by atoms with Crippen molar-refractivity contribution < 1.29 is 14.6 Å². The maximum atomic E-state index is 11.2. The van der Waals surface area contributed by atoms with Crippen molar-refractivity contribution in [3.05, 3.63) is 35.4 Å². The van der Waals surface area contributed by atoms with E-state index in [0.29, 0.717) is 0 Å². The molecule has 21 heavy (non-hydrogen) atoms. The van der Waals surface area contributed by atoms with Gasteiger partial charge in [0.2, 0.25) is 0 Å². The molecule has 5 heteroatoms. The minimum atomic E-state index is -0.372. The Labute approximate surface area is 124 Å². The number of carbonyl (C=O) groups excluding carboxylic acids is 1. The Hall–Kier alpha value is -2.03. The molecule has 1 aromatic carbocycles. The zero-order valence-electron chi connectivity index (χ0n) is 12.1. The zero-order valence-corrected chi connectivity index (χ0v) is 12.1.